The van der Waals surface area contributed by atoms with Crippen LogP contribution in [0.25, 0.3) is 0 Å². The summed E-state index contributed by atoms with van der Waals surface area (Å²) in [6, 6.07) is 3.29. The molecule has 8 nitrogen and oxygen atoms in total. The lowest BCUT2D eigenvalue weighted by atomic mass is 10.3. The largest absolute Gasteiger partial charge is 0.495 e. The highest BCUT2D eigenvalue weighted by Gasteiger charge is 2.21. The number of sulfonamides is 1. The molecule has 0 radical (unpaired) electrons. The molecule has 0 saturated heterocycles. The van der Waals surface area contributed by atoms with E-state index in [9.17, 15) is 18.5 Å². The Kier molecular flexibility index (Phi) is 5.62. The minimum absolute atomic E-state index is 0.0691. The lowest BCUT2D eigenvalue weighted by Crippen LogP contribution is -2.24. The number of ether oxygens (including phenoxy) is 1. The number of hydrogen-bond acceptors (Lipinski definition) is 6. The predicted octanol–water partition coefficient (Wildman–Crippen LogP) is 0.397. The van der Waals surface area contributed by atoms with Crippen LogP contribution >= 0.6 is 0 Å². The number of nitrogens with zero attached hydrogens (tertiary/aromatic N) is 1. The summed E-state index contributed by atoms with van der Waals surface area (Å²) in [6.45, 7) is 0.377. The van der Waals surface area contributed by atoms with Crippen molar-refractivity contribution in [2.24, 2.45) is 5.73 Å². The maximum atomic E-state index is 12.0. The van der Waals surface area contributed by atoms with Crippen LogP contribution in [0.2, 0.25) is 0 Å². The topological polar surface area (TPSA) is 125 Å². The molecule has 0 aliphatic carbocycles. The van der Waals surface area contributed by atoms with E-state index in [1.807, 2.05) is 0 Å². The Morgan fingerprint density at radius 1 is 1.45 bits per heavy atom. The average Bonchev–Trinajstić information content (AvgIpc) is 2.42. The van der Waals surface area contributed by atoms with Crippen molar-refractivity contribution < 1.29 is 18.1 Å². The molecule has 0 saturated carbocycles. The van der Waals surface area contributed by atoms with Crippen LogP contribution in [0.1, 0.15) is 0 Å². The molecular weight excluding hydrogens is 286 g/mol. The fourth-order valence-electron chi connectivity index (χ4n) is 1.41. The molecule has 9 heteroatoms. The van der Waals surface area contributed by atoms with E-state index in [2.05, 4.69) is 4.72 Å². The van der Waals surface area contributed by atoms with E-state index in [4.69, 9.17) is 10.5 Å². The van der Waals surface area contributed by atoms with E-state index >= 15 is 0 Å². The number of nitrogens with one attached hydrogen (secondary N) is 1. The van der Waals surface area contributed by atoms with Gasteiger partial charge in [-0.25, -0.2) is 13.1 Å². The van der Waals surface area contributed by atoms with E-state index in [0.29, 0.717) is 6.54 Å². The van der Waals surface area contributed by atoms with Crippen LogP contribution in [0.4, 0.5) is 5.69 Å². The first kappa shape index (κ1) is 16.1. The first-order chi connectivity index (χ1) is 9.42. The minimum Gasteiger partial charge on any atom is -0.495 e. The second-order valence-corrected chi connectivity index (χ2v) is 5.39. The second-order valence-electron chi connectivity index (χ2n) is 3.65. The summed E-state index contributed by atoms with van der Waals surface area (Å²) in [4.78, 5) is 9.85. The van der Waals surface area contributed by atoms with Gasteiger partial charge < -0.3 is 10.5 Å². The number of hydrogen-bond donors (Lipinski definition) is 2. The van der Waals surface area contributed by atoms with Crippen LogP contribution in [0.5, 0.6) is 5.75 Å². The number of benzene rings is 1. The fraction of sp³-hybridized carbons (Fsp3) is 0.273. The van der Waals surface area contributed by atoms with Crippen molar-refractivity contribution in [1.82, 2.24) is 4.72 Å². The zero-order valence-corrected chi connectivity index (χ0v) is 11.6. The van der Waals surface area contributed by atoms with Crippen LogP contribution < -0.4 is 15.2 Å². The SMILES string of the molecule is COc1cc([N+](=O)[O-])ccc1S(=O)(=O)NC/C=C/CN. The lowest BCUT2D eigenvalue weighted by Gasteiger charge is -2.09. The molecule has 3 N–H and O–H groups in total. The van der Waals surface area contributed by atoms with Crippen LogP contribution in [0, 0.1) is 10.1 Å². The second kappa shape index (κ2) is 6.98. The average molecular weight is 301 g/mol. The van der Waals surface area contributed by atoms with Gasteiger partial charge in [-0.15, -0.1) is 0 Å². The van der Waals surface area contributed by atoms with Crippen LogP contribution in [0.15, 0.2) is 35.2 Å². The molecule has 0 aliphatic rings. The van der Waals surface area contributed by atoms with Gasteiger partial charge in [0.25, 0.3) is 5.69 Å². The molecule has 0 aromatic heterocycles. The normalized spacial score (nSPS) is 11.7. The molecule has 1 rings (SSSR count). The number of non-ortho nitro benzene ring substituents is 1. The van der Waals surface area contributed by atoms with Crippen molar-refractivity contribution in [2.45, 2.75) is 4.90 Å². The van der Waals surface area contributed by atoms with Gasteiger partial charge in [-0.3, -0.25) is 10.1 Å². The highest BCUT2D eigenvalue weighted by molar-refractivity contribution is 7.89. The number of nitro groups is 1. The van der Waals surface area contributed by atoms with Gasteiger partial charge in [-0.1, -0.05) is 12.2 Å². The highest BCUT2D eigenvalue weighted by Crippen LogP contribution is 2.28. The van der Waals surface area contributed by atoms with Gasteiger partial charge in [0.05, 0.1) is 18.1 Å². The summed E-state index contributed by atoms with van der Waals surface area (Å²) < 4.78 is 31.3. The van der Waals surface area contributed by atoms with Crippen LogP contribution in [-0.4, -0.2) is 33.5 Å². The minimum atomic E-state index is -3.82. The fourth-order valence-corrected chi connectivity index (χ4v) is 2.53. The molecule has 0 unspecified atom stereocenters. The van der Waals surface area contributed by atoms with Gasteiger partial charge in [0.1, 0.15) is 10.6 Å². The summed E-state index contributed by atoms with van der Waals surface area (Å²) in [7, 11) is -2.57. The molecule has 1 aromatic carbocycles. The maximum absolute atomic E-state index is 12.0. The van der Waals surface area contributed by atoms with Crippen LogP contribution in [-0.2, 0) is 10.0 Å². The van der Waals surface area contributed by atoms with Crippen LogP contribution in [0.3, 0.4) is 0 Å². The number of methoxy groups -OCH3 is 1. The van der Waals surface area contributed by atoms with Crippen molar-refractivity contribution in [2.75, 3.05) is 20.2 Å². The third-order valence-corrected chi connectivity index (χ3v) is 3.80. The van der Waals surface area contributed by atoms with Crippen molar-refractivity contribution in [1.29, 1.82) is 0 Å². The number of nitro benzene ring substituents is 1. The Morgan fingerprint density at radius 2 is 2.15 bits per heavy atom. The van der Waals surface area contributed by atoms with Gasteiger partial charge in [0, 0.05) is 19.2 Å². The zero-order chi connectivity index (χ0) is 15.2. The van der Waals surface area contributed by atoms with Gasteiger partial charge in [0.15, 0.2) is 0 Å². The Labute approximate surface area is 116 Å². The molecule has 0 fully saturated rings. The highest BCUT2D eigenvalue weighted by atomic mass is 32.2. The molecule has 20 heavy (non-hydrogen) atoms. The number of rotatable bonds is 7. The summed E-state index contributed by atoms with van der Waals surface area (Å²) in [6.07, 6.45) is 3.17. The molecule has 110 valence electrons. The maximum Gasteiger partial charge on any atom is 0.273 e. The number of nitrogens with two attached hydrogens (primary N) is 1. The molecule has 0 spiro atoms. The van der Waals surface area contributed by atoms with Gasteiger partial charge in [0.2, 0.25) is 10.0 Å². The third kappa shape index (κ3) is 4.02. The smallest absolute Gasteiger partial charge is 0.273 e. The van der Waals surface area contributed by atoms with Crippen molar-refractivity contribution in [3.05, 3.63) is 40.5 Å². The third-order valence-electron chi connectivity index (χ3n) is 2.34. The lowest BCUT2D eigenvalue weighted by molar-refractivity contribution is -0.385. The molecule has 0 heterocycles. The van der Waals surface area contributed by atoms with E-state index in [1.54, 1.807) is 12.2 Å². The zero-order valence-electron chi connectivity index (χ0n) is 10.8. The van der Waals surface area contributed by atoms with Gasteiger partial charge in [-0.05, 0) is 6.07 Å². The van der Waals surface area contributed by atoms with Gasteiger partial charge in [-0.2, -0.15) is 0 Å². The Morgan fingerprint density at radius 3 is 2.70 bits per heavy atom. The summed E-state index contributed by atoms with van der Waals surface area (Å²) in [5.74, 6) is -0.0884. The summed E-state index contributed by atoms with van der Waals surface area (Å²) in [5.41, 5.74) is 4.99. The summed E-state index contributed by atoms with van der Waals surface area (Å²) in [5, 5.41) is 10.6. The molecule has 0 bridgehead atoms. The standard InChI is InChI=1S/C11H15N3O5S/c1-19-10-8-9(14(15)16)4-5-11(10)20(17,18)13-7-3-2-6-12/h2-5,8,13H,6-7,12H2,1H3/b3-2+. The molecular formula is C11H15N3O5S. The van der Waals surface area contributed by atoms with Crippen molar-refractivity contribution >= 4 is 15.7 Å². The molecule has 0 aliphatic heterocycles. The van der Waals surface area contributed by atoms with E-state index in [-0.39, 0.29) is 22.9 Å². The van der Waals surface area contributed by atoms with E-state index in [1.165, 1.54) is 7.11 Å². The molecule has 0 atom stereocenters. The quantitative estimate of drug-likeness (QED) is 0.426. The first-order valence-corrected chi connectivity index (χ1v) is 7.08. The first-order valence-electron chi connectivity index (χ1n) is 5.59. The van der Waals surface area contributed by atoms with Crippen molar-refractivity contribution in [3.8, 4) is 5.75 Å². The van der Waals surface area contributed by atoms with Gasteiger partial charge >= 0.3 is 0 Å². The van der Waals surface area contributed by atoms with E-state index < -0.39 is 14.9 Å². The van der Waals surface area contributed by atoms with Crippen molar-refractivity contribution in [3.63, 3.8) is 0 Å². The Bertz CT molecular complexity index is 612. The Balaban J connectivity index is 3.05. The Hall–Kier alpha value is -1.97. The van der Waals surface area contributed by atoms with E-state index in [0.717, 1.165) is 18.2 Å². The monoisotopic (exact) mass is 301 g/mol. The summed E-state index contributed by atoms with van der Waals surface area (Å²) >= 11 is 0. The predicted molar refractivity (Wildman–Crippen MR) is 73.0 cm³/mol. The molecule has 1 aromatic rings. The molecule has 0 amide bonds.